The van der Waals surface area contributed by atoms with Gasteiger partial charge in [0.2, 0.25) is 11.8 Å². The second kappa shape index (κ2) is 9.66. The number of nitrogens with zero attached hydrogens (tertiary/aromatic N) is 2. The van der Waals surface area contributed by atoms with Crippen LogP contribution in [0.3, 0.4) is 0 Å². The van der Waals surface area contributed by atoms with Gasteiger partial charge in [0, 0.05) is 34.5 Å². The predicted molar refractivity (Wildman–Crippen MR) is 165 cm³/mol. The van der Waals surface area contributed by atoms with Crippen LogP contribution in [0.4, 0.5) is 4.39 Å². The maximum absolute atomic E-state index is 14.5. The Bertz CT molecular complexity index is 1830. The summed E-state index contributed by atoms with van der Waals surface area (Å²) in [7, 11) is 1.66. The van der Waals surface area contributed by atoms with E-state index in [-0.39, 0.29) is 30.7 Å². The first-order valence-corrected chi connectivity index (χ1v) is 15.6. The van der Waals surface area contributed by atoms with Crippen molar-refractivity contribution in [2.75, 3.05) is 20.2 Å². The van der Waals surface area contributed by atoms with Crippen molar-refractivity contribution in [1.82, 2.24) is 9.47 Å². The average molecular weight is 594 g/mol. The van der Waals surface area contributed by atoms with Crippen molar-refractivity contribution in [2.45, 2.75) is 62.5 Å². The van der Waals surface area contributed by atoms with E-state index in [0.717, 1.165) is 46.3 Å². The molecule has 0 radical (unpaired) electrons. The van der Waals surface area contributed by atoms with Crippen LogP contribution < -0.4 is 10.5 Å². The Morgan fingerprint density at radius 2 is 1.73 bits per heavy atom. The summed E-state index contributed by atoms with van der Waals surface area (Å²) in [4.78, 5) is 28.6. The van der Waals surface area contributed by atoms with Gasteiger partial charge in [0.05, 0.1) is 31.3 Å². The highest BCUT2D eigenvalue weighted by Gasteiger charge is 2.65. The zero-order valence-electron chi connectivity index (χ0n) is 24.8. The van der Waals surface area contributed by atoms with Crippen molar-refractivity contribution < 1.29 is 23.8 Å². The molecule has 0 spiro atoms. The van der Waals surface area contributed by atoms with E-state index in [1.165, 1.54) is 37.0 Å². The quantitative estimate of drug-likeness (QED) is 0.305. The highest BCUT2D eigenvalue weighted by atomic mass is 19.1. The maximum atomic E-state index is 14.5. The Labute approximate surface area is 255 Å². The van der Waals surface area contributed by atoms with Crippen molar-refractivity contribution in [2.24, 2.45) is 11.1 Å². The largest absolute Gasteiger partial charge is 0.497 e. The Balaban J connectivity index is 1.27. The molecule has 1 saturated heterocycles. The summed E-state index contributed by atoms with van der Waals surface area (Å²) in [5.74, 6) is 0.316. The summed E-state index contributed by atoms with van der Waals surface area (Å²) >= 11 is 0. The van der Waals surface area contributed by atoms with Gasteiger partial charge in [0.1, 0.15) is 17.2 Å². The van der Waals surface area contributed by atoms with Gasteiger partial charge in [-0.15, -0.1) is 0 Å². The molecule has 2 atom stereocenters. The third-order valence-corrected chi connectivity index (χ3v) is 10.8. The third kappa shape index (κ3) is 3.96. The Kier molecular flexibility index (Phi) is 6.01. The molecule has 3 aromatic carbocycles. The van der Waals surface area contributed by atoms with Crippen LogP contribution in [0.25, 0.3) is 22.2 Å². The van der Waals surface area contributed by atoms with Crippen molar-refractivity contribution >= 4 is 22.7 Å². The molecule has 2 amide bonds. The first-order valence-electron chi connectivity index (χ1n) is 15.6. The lowest BCUT2D eigenvalue weighted by molar-refractivity contribution is -0.163. The number of methoxy groups -OCH3 is 1. The van der Waals surface area contributed by atoms with E-state index in [9.17, 15) is 19.1 Å². The van der Waals surface area contributed by atoms with Gasteiger partial charge in [-0.05, 0) is 84.3 Å². The number of halogens is 1. The number of ether oxygens (including phenoxy) is 1. The minimum absolute atomic E-state index is 0.00640. The smallest absolute Gasteiger partial charge is 0.248 e. The lowest BCUT2D eigenvalue weighted by atomic mass is 9.81. The summed E-state index contributed by atoms with van der Waals surface area (Å²) in [6.07, 6.45) is 6.51. The average Bonchev–Trinajstić information content (AvgIpc) is 3.69. The number of β-amino-alcohol motifs (C(OH)–C–C–N with tert-alkyl or cyclic N) is 1. The van der Waals surface area contributed by atoms with Gasteiger partial charge < -0.3 is 25.0 Å². The number of hydrogen-bond donors (Lipinski definition) is 2. The number of primary amides is 1. The lowest BCUT2D eigenvalue weighted by Crippen LogP contribution is -2.63. The van der Waals surface area contributed by atoms with E-state index in [4.69, 9.17) is 10.5 Å². The fraction of sp³-hybridized carbons (Fsp3) is 0.389. The van der Waals surface area contributed by atoms with Gasteiger partial charge in [-0.3, -0.25) is 9.59 Å². The molecule has 0 bridgehead atoms. The predicted octanol–water partition coefficient (Wildman–Crippen LogP) is 5.82. The second-order valence-electron chi connectivity index (χ2n) is 13.3. The number of nitrogens with two attached hydrogens (primary N) is 1. The fourth-order valence-electron chi connectivity index (χ4n) is 8.42. The molecule has 7 nitrogen and oxygen atoms in total. The van der Waals surface area contributed by atoms with Gasteiger partial charge >= 0.3 is 0 Å². The normalized spacial score (nSPS) is 23.6. The van der Waals surface area contributed by atoms with Crippen LogP contribution in [0, 0.1) is 11.2 Å². The molecule has 44 heavy (non-hydrogen) atoms. The highest BCUT2D eigenvalue weighted by Crippen LogP contribution is 2.66. The Morgan fingerprint density at radius 1 is 0.977 bits per heavy atom. The molecule has 3 fully saturated rings. The van der Waals surface area contributed by atoms with Crippen LogP contribution in [0.2, 0.25) is 0 Å². The monoisotopic (exact) mass is 593 g/mol. The van der Waals surface area contributed by atoms with Crippen LogP contribution in [-0.4, -0.2) is 46.6 Å². The van der Waals surface area contributed by atoms with Crippen LogP contribution in [0.5, 0.6) is 5.75 Å². The van der Waals surface area contributed by atoms with Crippen LogP contribution >= 0.6 is 0 Å². The molecule has 4 aliphatic rings. The number of hydrogen-bond acceptors (Lipinski definition) is 4. The third-order valence-electron chi connectivity index (χ3n) is 10.8. The number of rotatable bonds is 5. The molecule has 2 aliphatic carbocycles. The van der Waals surface area contributed by atoms with Crippen LogP contribution in [0.15, 0.2) is 60.7 Å². The molecule has 8 rings (SSSR count). The summed E-state index contributed by atoms with van der Waals surface area (Å²) in [5, 5.41) is 12.4. The van der Waals surface area contributed by atoms with Crippen LogP contribution in [-0.2, 0) is 16.9 Å². The number of benzene rings is 3. The SMILES string of the molecule is COc1ccc2c(c1)C1CC1(C(=O)N1CC(O)(c3ccc(F)cc3)C1)Cn1c-2c(C2CCCCC2)c2ccc(C(N)=O)cc21. The van der Waals surface area contributed by atoms with Crippen molar-refractivity contribution in [3.8, 4) is 17.0 Å². The minimum atomic E-state index is -1.20. The van der Waals surface area contributed by atoms with E-state index >= 15 is 0 Å². The molecule has 4 aromatic rings. The van der Waals surface area contributed by atoms with E-state index in [1.807, 2.05) is 24.3 Å². The molecule has 8 heteroatoms. The summed E-state index contributed by atoms with van der Waals surface area (Å²) < 4.78 is 21.5. The number of carbonyl (C=O) groups excluding carboxylic acids is 2. The van der Waals surface area contributed by atoms with Crippen molar-refractivity contribution in [3.05, 3.63) is 88.7 Å². The first-order chi connectivity index (χ1) is 21.2. The molecule has 226 valence electrons. The number of amides is 2. The maximum Gasteiger partial charge on any atom is 0.248 e. The number of aliphatic hydroxyl groups is 1. The number of likely N-dealkylation sites (tertiary alicyclic amines) is 1. The molecular weight excluding hydrogens is 557 g/mol. The van der Waals surface area contributed by atoms with E-state index < -0.39 is 16.9 Å². The molecular formula is C36H36FN3O4. The lowest BCUT2D eigenvalue weighted by Gasteiger charge is -2.48. The van der Waals surface area contributed by atoms with E-state index in [0.29, 0.717) is 30.0 Å². The number of fused-ring (bicyclic) bond motifs is 7. The standard InChI is InChI=1S/C36H36FN3O4/c1-44-25-12-14-26-28(16-25)29-17-35(29,34(42)39-19-36(43,20-39)23-8-10-24(37)11-9-23)18-40-30-15-22(33(38)41)7-13-27(30)31(32(26)40)21-5-3-2-4-6-21/h7-16,21,29,43H,2-6,17-20H2,1H3,(H2,38,41). The summed E-state index contributed by atoms with van der Waals surface area (Å²) in [6, 6.07) is 17.8. The van der Waals surface area contributed by atoms with Gasteiger partial charge in [-0.25, -0.2) is 4.39 Å². The topological polar surface area (TPSA) is 97.8 Å². The first kappa shape index (κ1) is 27.4. The molecule has 1 aromatic heterocycles. The van der Waals surface area contributed by atoms with Gasteiger partial charge in [0.15, 0.2) is 0 Å². The zero-order chi connectivity index (χ0) is 30.4. The molecule has 2 aliphatic heterocycles. The van der Waals surface area contributed by atoms with E-state index in [2.05, 4.69) is 16.7 Å². The zero-order valence-corrected chi connectivity index (χ0v) is 24.8. The van der Waals surface area contributed by atoms with Gasteiger partial charge in [-0.1, -0.05) is 37.5 Å². The molecule has 3 heterocycles. The van der Waals surface area contributed by atoms with E-state index in [1.54, 1.807) is 24.1 Å². The highest BCUT2D eigenvalue weighted by molar-refractivity contribution is 6.01. The summed E-state index contributed by atoms with van der Waals surface area (Å²) in [6.45, 7) is 0.796. The van der Waals surface area contributed by atoms with Gasteiger partial charge in [0.25, 0.3) is 0 Å². The Hall–Kier alpha value is -4.17. The molecule has 2 unspecified atom stereocenters. The second-order valence-corrected chi connectivity index (χ2v) is 13.3. The number of carbonyl (C=O) groups is 2. The number of aromatic nitrogens is 1. The molecule has 2 saturated carbocycles. The van der Waals surface area contributed by atoms with Gasteiger partial charge in [-0.2, -0.15) is 0 Å². The van der Waals surface area contributed by atoms with Crippen molar-refractivity contribution in [1.29, 1.82) is 0 Å². The van der Waals surface area contributed by atoms with Crippen LogP contribution in [0.1, 0.15) is 77.4 Å². The Morgan fingerprint density at radius 3 is 2.43 bits per heavy atom. The minimum Gasteiger partial charge on any atom is -0.497 e. The fourth-order valence-corrected chi connectivity index (χ4v) is 8.42. The summed E-state index contributed by atoms with van der Waals surface area (Å²) in [5.41, 5.74) is 10.5. The molecule has 3 N–H and O–H groups in total. The van der Waals surface area contributed by atoms with Crippen molar-refractivity contribution in [3.63, 3.8) is 0 Å².